The van der Waals surface area contributed by atoms with Gasteiger partial charge in [-0.05, 0) is 61.7 Å². The first-order valence-corrected chi connectivity index (χ1v) is 9.32. The molecule has 1 saturated carbocycles. The number of rotatable bonds is 3. The Kier molecular flexibility index (Phi) is 4.38. The van der Waals surface area contributed by atoms with Crippen molar-refractivity contribution in [1.29, 1.82) is 5.26 Å². The van der Waals surface area contributed by atoms with Crippen LogP contribution in [-0.4, -0.2) is 35.8 Å². The minimum atomic E-state index is -0.626. The lowest BCUT2D eigenvalue weighted by Gasteiger charge is -2.41. The van der Waals surface area contributed by atoms with Crippen molar-refractivity contribution < 1.29 is 14.0 Å². The molecule has 28 heavy (non-hydrogen) atoms. The van der Waals surface area contributed by atoms with E-state index in [1.807, 2.05) is 6.92 Å². The van der Waals surface area contributed by atoms with Gasteiger partial charge in [0.1, 0.15) is 12.4 Å². The average Bonchev–Trinajstić information content (AvgIpc) is 3.51. The van der Waals surface area contributed by atoms with Gasteiger partial charge in [-0.3, -0.25) is 9.59 Å². The molecule has 5 nitrogen and oxygen atoms in total. The van der Waals surface area contributed by atoms with Crippen molar-refractivity contribution in [2.45, 2.75) is 31.2 Å². The van der Waals surface area contributed by atoms with Crippen LogP contribution in [0.1, 0.15) is 30.9 Å². The largest absolute Gasteiger partial charge is 0.328 e. The van der Waals surface area contributed by atoms with E-state index in [1.54, 1.807) is 46.2 Å². The minimum absolute atomic E-state index is 0.0168. The van der Waals surface area contributed by atoms with Gasteiger partial charge < -0.3 is 9.80 Å². The van der Waals surface area contributed by atoms with Gasteiger partial charge in [-0.15, -0.1) is 0 Å². The van der Waals surface area contributed by atoms with Gasteiger partial charge >= 0.3 is 0 Å². The highest BCUT2D eigenvalue weighted by Gasteiger charge is 2.54. The normalized spacial score (nSPS) is 20.6. The van der Waals surface area contributed by atoms with E-state index < -0.39 is 5.41 Å². The number of hydrogen-bond acceptors (Lipinski definition) is 3. The molecule has 0 aromatic heterocycles. The molecule has 0 radical (unpaired) electrons. The summed E-state index contributed by atoms with van der Waals surface area (Å²) in [6.45, 7) is 2.35. The first-order chi connectivity index (χ1) is 13.4. The smallest absolute Gasteiger partial charge is 0.246 e. The average molecular weight is 377 g/mol. The lowest BCUT2D eigenvalue weighted by molar-refractivity contribution is -0.141. The quantitative estimate of drug-likeness (QED) is 0.826. The Labute approximate surface area is 163 Å². The molecule has 1 atom stereocenters. The fraction of sp³-hybridized carbons (Fsp3) is 0.318. The summed E-state index contributed by atoms with van der Waals surface area (Å²) in [6, 6.07) is 14.9. The summed E-state index contributed by atoms with van der Waals surface area (Å²) >= 11 is 0. The third kappa shape index (κ3) is 3.03. The second-order valence-corrected chi connectivity index (χ2v) is 7.53. The summed E-state index contributed by atoms with van der Waals surface area (Å²) in [7, 11) is 0. The van der Waals surface area contributed by atoms with Crippen molar-refractivity contribution in [2.75, 3.05) is 18.0 Å². The van der Waals surface area contributed by atoms with Crippen LogP contribution in [0.25, 0.3) is 0 Å². The molecule has 0 spiro atoms. The Balaban J connectivity index is 1.53. The number of nitrogens with zero attached hydrogens (tertiary/aromatic N) is 3. The van der Waals surface area contributed by atoms with Crippen LogP contribution in [0.15, 0.2) is 48.5 Å². The van der Waals surface area contributed by atoms with Crippen LogP contribution in [-0.2, 0) is 15.0 Å². The number of nitriles is 1. The standard InChI is InChI=1S/C22H20FN3O2/c1-15-13-26(19-8-2-16(12-24)3-9-19)20(27)14-25(15)21(28)22(10-11-22)17-4-6-18(23)7-5-17/h2-9,15H,10-11,13-14H2,1H3. The van der Waals surface area contributed by atoms with E-state index in [-0.39, 0.29) is 30.2 Å². The van der Waals surface area contributed by atoms with Crippen LogP contribution < -0.4 is 4.90 Å². The van der Waals surface area contributed by atoms with Crippen molar-refractivity contribution in [3.8, 4) is 6.07 Å². The number of halogens is 1. The maximum absolute atomic E-state index is 13.3. The first kappa shape index (κ1) is 18.2. The predicted octanol–water partition coefficient (Wildman–Crippen LogP) is 2.99. The SMILES string of the molecule is CC1CN(c2ccc(C#N)cc2)C(=O)CN1C(=O)C1(c2ccc(F)cc2)CC1. The van der Waals surface area contributed by atoms with Crippen LogP contribution >= 0.6 is 0 Å². The number of benzene rings is 2. The van der Waals surface area contributed by atoms with Crippen LogP contribution in [0, 0.1) is 17.1 Å². The number of hydrogen-bond donors (Lipinski definition) is 0. The number of piperazine rings is 1. The minimum Gasteiger partial charge on any atom is -0.328 e. The molecule has 4 rings (SSSR count). The molecule has 6 heteroatoms. The monoisotopic (exact) mass is 377 g/mol. The lowest BCUT2D eigenvalue weighted by atomic mass is 9.93. The molecule has 2 aromatic carbocycles. The lowest BCUT2D eigenvalue weighted by Crippen LogP contribution is -2.59. The molecular formula is C22H20FN3O2. The van der Waals surface area contributed by atoms with E-state index in [9.17, 15) is 14.0 Å². The second kappa shape index (κ2) is 6.75. The zero-order valence-electron chi connectivity index (χ0n) is 15.6. The van der Waals surface area contributed by atoms with Crippen LogP contribution in [0.3, 0.4) is 0 Å². The molecule has 0 N–H and O–H groups in total. The molecule has 1 unspecified atom stereocenters. The highest BCUT2D eigenvalue weighted by molar-refractivity contribution is 6.00. The van der Waals surface area contributed by atoms with Gasteiger partial charge in [0.2, 0.25) is 11.8 Å². The molecule has 2 aromatic rings. The molecule has 142 valence electrons. The molecule has 1 aliphatic carbocycles. The predicted molar refractivity (Wildman–Crippen MR) is 102 cm³/mol. The maximum Gasteiger partial charge on any atom is 0.246 e. The Morgan fingerprint density at radius 1 is 1.14 bits per heavy atom. The summed E-state index contributed by atoms with van der Waals surface area (Å²) in [5.74, 6) is -0.530. The van der Waals surface area contributed by atoms with Crippen molar-refractivity contribution >= 4 is 17.5 Å². The summed E-state index contributed by atoms with van der Waals surface area (Å²) in [6.07, 6.45) is 1.43. The van der Waals surface area contributed by atoms with Gasteiger partial charge in [0.15, 0.2) is 0 Å². The van der Waals surface area contributed by atoms with Gasteiger partial charge in [-0.1, -0.05) is 12.1 Å². The van der Waals surface area contributed by atoms with Gasteiger partial charge in [0, 0.05) is 18.3 Å². The van der Waals surface area contributed by atoms with E-state index in [2.05, 4.69) is 6.07 Å². The molecule has 0 bridgehead atoms. The highest BCUT2D eigenvalue weighted by atomic mass is 19.1. The van der Waals surface area contributed by atoms with E-state index in [1.165, 1.54) is 12.1 Å². The van der Waals surface area contributed by atoms with Crippen molar-refractivity contribution in [3.63, 3.8) is 0 Å². The summed E-state index contributed by atoms with van der Waals surface area (Å²) in [5, 5.41) is 8.92. The summed E-state index contributed by atoms with van der Waals surface area (Å²) in [5.41, 5.74) is 1.45. The second-order valence-electron chi connectivity index (χ2n) is 7.53. The first-order valence-electron chi connectivity index (χ1n) is 9.32. The zero-order chi connectivity index (χ0) is 19.9. The van der Waals surface area contributed by atoms with Crippen molar-refractivity contribution in [3.05, 3.63) is 65.5 Å². The van der Waals surface area contributed by atoms with E-state index in [0.717, 1.165) is 11.3 Å². The number of anilines is 1. The van der Waals surface area contributed by atoms with Crippen molar-refractivity contribution in [1.82, 2.24) is 4.90 Å². The van der Waals surface area contributed by atoms with Crippen LogP contribution in [0.5, 0.6) is 0 Å². The highest BCUT2D eigenvalue weighted by Crippen LogP contribution is 2.50. The number of carbonyl (C=O) groups is 2. The number of carbonyl (C=O) groups excluding carboxylic acids is 2. The van der Waals surface area contributed by atoms with E-state index >= 15 is 0 Å². The molecule has 2 aliphatic rings. The Morgan fingerprint density at radius 2 is 1.79 bits per heavy atom. The number of amides is 2. The van der Waals surface area contributed by atoms with E-state index in [0.29, 0.717) is 24.9 Å². The third-order valence-electron chi connectivity index (χ3n) is 5.71. The topological polar surface area (TPSA) is 64.4 Å². The molecule has 1 heterocycles. The molecule has 2 amide bonds. The fourth-order valence-corrected chi connectivity index (χ4v) is 3.88. The molecule has 2 fully saturated rings. The summed E-state index contributed by atoms with van der Waals surface area (Å²) in [4.78, 5) is 29.3. The Morgan fingerprint density at radius 3 is 2.36 bits per heavy atom. The molecule has 1 saturated heterocycles. The van der Waals surface area contributed by atoms with Crippen LogP contribution in [0.2, 0.25) is 0 Å². The zero-order valence-corrected chi connectivity index (χ0v) is 15.6. The molecular weight excluding hydrogens is 357 g/mol. The van der Waals surface area contributed by atoms with E-state index in [4.69, 9.17) is 5.26 Å². The third-order valence-corrected chi connectivity index (χ3v) is 5.71. The van der Waals surface area contributed by atoms with Crippen LogP contribution in [0.4, 0.5) is 10.1 Å². The molecule has 1 aliphatic heterocycles. The Bertz CT molecular complexity index is 959. The van der Waals surface area contributed by atoms with Gasteiger partial charge in [0.25, 0.3) is 0 Å². The Hall–Kier alpha value is -3.20. The van der Waals surface area contributed by atoms with Gasteiger partial charge in [-0.25, -0.2) is 4.39 Å². The fourth-order valence-electron chi connectivity index (χ4n) is 3.88. The van der Waals surface area contributed by atoms with Gasteiger partial charge in [0.05, 0.1) is 17.0 Å². The maximum atomic E-state index is 13.3. The van der Waals surface area contributed by atoms with Gasteiger partial charge in [-0.2, -0.15) is 5.26 Å². The summed E-state index contributed by atoms with van der Waals surface area (Å²) < 4.78 is 13.3. The van der Waals surface area contributed by atoms with Crippen molar-refractivity contribution in [2.24, 2.45) is 0 Å².